The maximum atomic E-state index is 12.0. The first-order chi connectivity index (χ1) is 8.65. The number of imide groups is 1. The monoisotopic (exact) mass is 247 g/mol. The number of benzene rings is 1. The van der Waals surface area contributed by atoms with Crippen LogP contribution in [0.1, 0.15) is 46.9 Å². The summed E-state index contributed by atoms with van der Waals surface area (Å²) in [6.45, 7) is 2.13. The van der Waals surface area contributed by atoms with Gasteiger partial charge in [0.2, 0.25) is 0 Å². The Morgan fingerprint density at radius 2 is 1.72 bits per heavy atom. The lowest BCUT2D eigenvalue weighted by Crippen LogP contribution is -2.36. The number of nitrogens with zero attached hydrogens (tertiary/aromatic N) is 1. The molecule has 4 heteroatoms. The van der Waals surface area contributed by atoms with Crippen molar-refractivity contribution in [2.45, 2.75) is 32.3 Å². The molecule has 18 heavy (non-hydrogen) atoms. The molecule has 0 bridgehead atoms. The number of carbonyl (C=O) groups excluding carboxylic acids is 2. The second kappa shape index (κ2) is 5.31. The van der Waals surface area contributed by atoms with Gasteiger partial charge in [-0.3, -0.25) is 14.5 Å². The van der Waals surface area contributed by atoms with Gasteiger partial charge in [0.25, 0.3) is 11.8 Å². The first kappa shape index (κ1) is 12.8. The Balaban J connectivity index is 2.09. The standard InChI is InChI=1S/C14H17NO3/c1-2-3-6-10(16)9-15-13(17)11-7-4-5-8-12(11)14(15)18/h4-5,7-8,10,16H,2-3,6,9H2,1H3. The van der Waals surface area contributed by atoms with E-state index >= 15 is 0 Å². The molecule has 1 aromatic carbocycles. The Morgan fingerprint density at radius 3 is 2.22 bits per heavy atom. The zero-order chi connectivity index (χ0) is 13.1. The molecule has 1 aliphatic rings. The topological polar surface area (TPSA) is 57.6 Å². The number of fused-ring (bicyclic) bond motifs is 1. The highest BCUT2D eigenvalue weighted by molar-refractivity contribution is 6.21. The van der Waals surface area contributed by atoms with Gasteiger partial charge in [-0.15, -0.1) is 0 Å². The highest BCUT2D eigenvalue weighted by Crippen LogP contribution is 2.22. The van der Waals surface area contributed by atoms with E-state index in [0.717, 1.165) is 17.7 Å². The fourth-order valence-electron chi connectivity index (χ4n) is 2.15. The average molecular weight is 247 g/mol. The van der Waals surface area contributed by atoms with Crippen molar-refractivity contribution in [3.8, 4) is 0 Å². The Hall–Kier alpha value is -1.68. The number of amides is 2. The van der Waals surface area contributed by atoms with Crippen LogP contribution >= 0.6 is 0 Å². The summed E-state index contributed by atoms with van der Waals surface area (Å²) in [4.78, 5) is 25.2. The third kappa shape index (κ3) is 2.29. The molecule has 0 saturated heterocycles. The van der Waals surface area contributed by atoms with E-state index in [1.165, 1.54) is 0 Å². The lowest BCUT2D eigenvalue weighted by Gasteiger charge is -2.18. The normalized spacial score (nSPS) is 16.0. The Kier molecular flexibility index (Phi) is 3.77. The molecule has 2 amide bonds. The molecule has 1 N–H and O–H groups in total. The van der Waals surface area contributed by atoms with E-state index in [-0.39, 0.29) is 18.4 Å². The lowest BCUT2D eigenvalue weighted by molar-refractivity contribution is 0.0530. The minimum absolute atomic E-state index is 0.0896. The van der Waals surface area contributed by atoms with Crippen molar-refractivity contribution in [1.82, 2.24) is 4.90 Å². The number of aliphatic hydroxyl groups excluding tert-OH is 1. The van der Waals surface area contributed by atoms with E-state index in [9.17, 15) is 14.7 Å². The molecule has 1 aliphatic heterocycles. The van der Waals surface area contributed by atoms with E-state index < -0.39 is 6.10 Å². The quantitative estimate of drug-likeness (QED) is 0.808. The summed E-state index contributed by atoms with van der Waals surface area (Å²) in [6, 6.07) is 6.77. The molecule has 0 saturated carbocycles. The molecule has 1 heterocycles. The van der Waals surface area contributed by atoms with Crippen molar-refractivity contribution in [3.05, 3.63) is 35.4 Å². The van der Waals surface area contributed by atoms with Gasteiger partial charge in [-0.2, -0.15) is 0 Å². The van der Waals surface area contributed by atoms with Crippen LogP contribution in [0.4, 0.5) is 0 Å². The van der Waals surface area contributed by atoms with Gasteiger partial charge in [0.05, 0.1) is 23.8 Å². The van der Waals surface area contributed by atoms with Crippen LogP contribution in [0, 0.1) is 0 Å². The Labute approximate surface area is 106 Å². The predicted octanol–water partition coefficient (Wildman–Crippen LogP) is 1.83. The summed E-state index contributed by atoms with van der Waals surface area (Å²) in [7, 11) is 0. The van der Waals surface area contributed by atoms with Gasteiger partial charge in [-0.1, -0.05) is 31.9 Å². The number of carbonyl (C=O) groups is 2. The van der Waals surface area contributed by atoms with Gasteiger partial charge in [0.15, 0.2) is 0 Å². The zero-order valence-corrected chi connectivity index (χ0v) is 10.4. The largest absolute Gasteiger partial charge is 0.391 e. The molecular formula is C14H17NO3. The van der Waals surface area contributed by atoms with Crippen LogP contribution in [0.5, 0.6) is 0 Å². The summed E-state index contributed by atoms with van der Waals surface area (Å²) in [5.74, 6) is -0.600. The van der Waals surface area contributed by atoms with E-state index in [2.05, 4.69) is 0 Å². The van der Waals surface area contributed by atoms with Crippen LogP contribution < -0.4 is 0 Å². The number of aliphatic hydroxyl groups is 1. The van der Waals surface area contributed by atoms with Crippen LogP contribution in [-0.2, 0) is 0 Å². The SMILES string of the molecule is CCCCC(O)CN1C(=O)c2ccccc2C1=O. The maximum Gasteiger partial charge on any atom is 0.261 e. The first-order valence-electron chi connectivity index (χ1n) is 6.28. The molecule has 0 spiro atoms. The van der Waals surface area contributed by atoms with E-state index in [1.54, 1.807) is 24.3 Å². The van der Waals surface area contributed by atoms with Crippen LogP contribution in [0.25, 0.3) is 0 Å². The first-order valence-corrected chi connectivity index (χ1v) is 6.28. The fraction of sp³-hybridized carbons (Fsp3) is 0.429. The van der Waals surface area contributed by atoms with Crippen molar-refractivity contribution in [2.24, 2.45) is 0 Å². The number of hydrogen-bond acceptors (Lipinski definition) is 3. The summed E-state index contributed by atoms with van der Waals surface area (Å²) in [6.07, 6.45) is 1.86. The second-order valence-electron chi connectivity index (χ2n) is 4.56. The summed E-state index contributed by atoms with van der Waals surface area (Å²) < 4.78 is 0. The highest BCUT2D eigenvalue weighted by atomic mass is 16.3. The van der Waals surface area contributed by atoms with Crippen LogP contribution in [0.2, 0.25) is 0 Å². The zero-order valence-electron chi connectivity index (χ0n) is 10.4. The molecule has 4 nitrogen and oxygen atoms in total. The molecule has 0 fully saturated rings. The van der Waals surface area contributed by atoms with Crippen molar-refractivity contribution < 1.29 is 14.7 Å². The average Bonchev–Trinajstić information content (AvgIpc) is 2.62. The molecule has 1 unspecified atom stereocenters. The number of rotatable bonds is 5. The second-order valence-corrected chi connectivity index (χ2v) is 4.56. The van der Waals surface area contributed by atoms with Crippen molar-refractivity contribution in [3.63, 3.8) is 0 Å². The third-order valence-corrected chi connectivity index (χ3v) is 3.16. The van der Waals surface area contributed by atoms with Crippen molar-refractivity contribution in [1.29, 1.82) is 0 Å². The lowest BCUT2D eigenvalue weighted by atomic mass is 10.1. The van der Waals surface area contributed by atoms with Crippen molar-refractivity contribution in [2.75, 3.05) is 6.54 Å². The van der Waals surface area contributed by atoms with Gasteiger partial charge in [-0.05, 0) is 18.6 Å². The molecule has 0 aliphatic carbocycles. The molecule has 2 rings (SSSR count). The molecule has 0 radical (unpaired) electrons. The number of unbranched alkanes of at least 4 members (excludes halogenated alkanes) is 1. The molecule has 0 aromatic heterocycles. The summed E-state index contributed by atoms with van der Waals surface area (Å²) in [5, 5.41) is 9.81. The van der Waals surface area contributed by atoms with E-state index in [4.69, 9.17) is 0 Å². The summed E-state index contributed by atoms with van der Waals surface area (Å²) >= 11 is 0. The number of β-amino-alcohol motifs (C(OH)–C–C–N with tert-alkyl or cyclic N) is 1. The molecule has 1 atom stereocenters. The van der Waals surface area contributed by atoms with E-state index in [1.807, 2.05) is 6.92 Å². The van der Waals surface area contributed by atoms with Gasteiger partial charge < -0.3 is 5.11 Å². The third-order valence-electron chi connectivity index (χ3n) is 3.16. The fourth-order valence-corrected chi connectivity index (χ4v) is 2.15. The molecule has 1 aromatic rings. The highest BCUT2D eigenvalue weighted by Gasteiger charge is 2.35. The summed E-state index contributed by atoms with van der Waals surface area (Å²) in [5.41, 5.74) is 0.871. The smallest absolute Gasteiger partial charge is 0.261 e. The minimum Gasteiger partial charge on any atom is -0.391 e. The van der Waals surface area contributed by atoms with Crippen LogP contribution in [0.3, 0.4) is 0 Å². The van der Waals surface area contributed by atoms with Crippen LogP contribution in [-0.4, -0.2) is 34.5 Å². The Morgan fingerprint density at radius 1 is 1.17 bits per heavy atom. The predicted molar refractivity (Wildman–Crippen MR) is 67.3 cm³/mol. The molecular weight excluding hydrogens is 230 g/mol. The van der Waals surface area contributed by atoms with E-state index in [0.29, 0.717) is 17.5 Å². The van der Waals surface area contributed by atoms with Crippen molar-refractivity contribution >= 4 is 11.8 Å². The van der Waals surface area contributed by atoms with Crippen LogP contribution in [0.15, 0.2) is 24.3 Å². The van der Waals surface area contributed by atoms with Gasteiger partial charge in [0.1, 0.15) is 0 Å². The molecule has 96 valence electrons. The van der Waals surface area contributed by atoms with Gasteiger partial charge in [0, 0.05) is 0 Å². The van der Waals surface area contributed by atoms with Gasteiger partial charge in [-0.25, -0.2) is 0 Å². The maximum absolute atomic E-state index is 12.0. The van der Waals surface area contributed by atoms with Gasteiger partial charge >= 0.3 is 0 Å². The number of hydrogen-bond donors (Lipinski definition) is 1. The minimum atomic E-state index is -0.632. The Bertz CT molecular complexity index is 435.